The molecule has 0 heterocycles. The fourth-order valence-electron chi connectivity index (χ4n) is 5.50. The first-order chi connectivity index (χ1) is 11.9. The third-order valence-electron chi connectivity index (χ3n) is 5.91. The summed E-state index contributed by atoms with van der Waals surface area (Å²) in [5, 5.41) is 13.2. The van der Waals surface area contributed by atoms with Crippen LogP contribution in [-0.2, 0) is 14.3 Å². The van der Waals surface area contributed by atoms with E-state index in [9.17, 15) is 19.1 Å². The Labute approximate surface area is 145 Å². The Balaban J connectivity index is 1.37. The number of carbonyl (C=O) groups is 2. The molecule has 1 aromatic rings. The van der Waals surface area contributed by atoms with Gasteiger partial charge in [-0.2, -0.15) is 0 Å². The van der Waals surface area contributed by atoms with Crippen LogP contribution in [0.5, 0.6) is 0 Å². The first-order valence-corrected chi connectivity index (χ1v) is 8.81. The standard InChI is InChI=1S/C19H22FNO4/c20-14-2-1-3-15(5-14)21-16(22)10-25-17(23)18-6-12-4-13(7-18)9-19(24,8-12)11-18/h1-3,5,12-13,24H,4,6-11H2,(H,21,22)/t12-,13+,18?,19?. The number of halogens is 1. The van der Waals surface area contributed by atoms with Crippen LogP contribution in [0.4, 0.5) is 10.1 Å². The molecular weight excluding hydrogens is 325 g/mol. The number of ether oxygens (including phenoxy) is 1. The topological polar surface area (TPSA) is 75.6 Å². The Morgan fingerprint density at radius 1 is 1.24 bits per heavy atom. The molecule has 0 aromatic heterocycles. The van der Waals surface area contributed by atoms with Crippen molar-refractivity contribution >= 4 is 17.6 Å². The molecule has 2 unspecified atom stereocenters. The molecule has 0 radical (unpaired) electrons. The molecule has 4 saturated carbocycles. The third-order valence-corrected chi connectivity index (χ3v) is 5.91. The fraction of sp³-hybridized carbons (Fsp3) is 0.579. The molecule has 4 aliphatic rings. The number of rotatable bonds is 4. The lowest BCUT2D eigenvalue weighted by atomic mass is 9.48. The van der Waals surface area contributed by atoms with E-state index in [4.69, 9.17) is 4.74 Å². The monoisotopic (exact) mass is 347 g/mol. The molecule has 1 aromatic carbocycles. The molecular formula is C19H22FNO4. The Bertz CT molecular complexity index is 705. The molecule has 2 N–H and O–H groups in total. The third kappa shape index (κ3) is 3.15. The zero-order valence-corrected chi connectivity index (χ0v) is 14.0. The van der Waals surface area contributed by atoms with Crippen molar-refractivity contribution in [2.75, 3.05) is 11.9 Å². The van der Waals surface area contributed by atoms with Gasteiger partial charge < -0.3 is 15.2 Å². The van der Waals surface area contributed by atoms with E-state index in [0.717, 1.165) is 32.1 Å². The van der Waals surface area contributed by atoms with Crippen molar-refractivity contribution in [2.24, 2.45) is 17.3 Å². The van der Waals surface area contributed by atoms with Crippen molar-refractivity contribution < 1.29 is 23.8 Å². The van der Waals surface area contributed by atoms with Gasteiger partial charge in [-0.3, -0.25) is 9.59 Å². The van der Waals surface area contributed by atoms with Crippen molar-refractivity contribution in [1.29, 1.82) is 0 Å². The lowest BCUT2D eigenvalue weighted by Gasteiger charge is -2.58. The minimum absolute atomic E-state index is 0.324. The average Bonchev–Trinajstić information content (AvgIpc) is 2.50. The Morgan fingerprint density at radius 3 is 2.60 bits per heavy atom. The van der Waals surface area contributed by atoms with Crippen LogP contribution >= 0.6 is 0 Å². The molecule has 6 heteroatoms. The number of anilines is 1. The Kier molecular flexibility index (Phi) is 3.83. The molecule has 1 amide bonds. The number of aliphatic hydroxyl groups is 1. The van der Waals surface area contributed by atoms with Crippen LogP contribution in [0.3, 0.4) is 0 Å². The van der Waals surface area contributed by atoms with Gasteiger partial charge in [-0.15, -0.1) is 0 Å². The maximum Gasteiger partial charge on any atom is 0.312 e. The molecule has 0 aliphatic heterocycles. The highest BCUT2D eigenvalue weighted by Crippen LogP contribution is 2.61. The SMILES string of the molecule is O=C(COC(=O)C12C[C@@H]3C[C@@H](CC(O)(C3)C1)C2)Nc1cccc(F)c1. The average molecular weight is 347 g/mol. The van der Waals surface area contributed by atoms with E-state index in [1.165, 1.54) is 18.2 Å². The number of carbonyl (C=O) groups excluding carboxylic acids is 2. The van der Waals surface area contributed by atoms with Gasteiger partial charge in [0.05, 0.1) is 11.0 Å². The molecule has 0 spiro atoms. The van der Waals surface area contributed by atoms with Gasteiger partial charge in [-0.05, 0) is 68.6 Å². The molecule has 134 valence electrons. The normalized spacial score (nSPS) is 35.4. The van der Waals surface area contributed by atoms with Crippen molar-refractivity contribution in [3.05, 3.63) is 30.1 Å². The smallest absolute Gasteiger partial charge is 0.312 e. The highest BCUT2D eigenvalue weighted by Gasteiger charge is 2.60. The lowest BCUT2D eigenvalue weighted by molar-refractivity contribution is -0.196. The maximum absolute atomic E-state index is 13.1. The zero-order chi connectivity index (χ0) is 17.7. The fourth-order valence-corrected chi connectivity index (χ4v) is 5.50. The van der Waals surface area contributed by atoms with E-state index in [1.807, 2.05) is 0 Å². The van der Waals surface area contributed by atoms with E-state index in [-0.39, 0.29) is 5.97 Å². The molecule has 0 saturated heterocycles. The van der Waals surface area contributed by atoms with Gasteiger partial charge in [0.2, 0.25) is 0 Å². The van der Waals surface area contributed by atoms with E-state index in [1.54, 1.807) is 6.07 Å². The highest BCUT2D eigenvalue weighted by atomic mass is 19.1. The first kappa shape index (κ1) is 16.5. The second-order valence-corrected chi connectivity index (χ2v) is 8.10. The largest absolute Gasteiger partial charge is 0.455 e. The predicted octanol–water partition coefficient (Wildman–Crippen LogP) is 2.64. The zero-order valence-electron chi connectivity index (χ0n) is 14.0. The summed E-state index contributed by atoms with van der Waals surface area (Å²) in [6.07, 6.45) is 4.57. The van der Waals surface area contributed by atoms with Crippen LogP contribution in [0.25, 0.3) is 0 Å². The van der Waals surface area contributed by atoms with Gasteiger partial charge in [0.15, 0.2) is 6.61 Å². The number of esters is 1. The maximum atomic E-state index is 13.1. The van der Waals surface area contributed by atoms with E-state index in [2.05, 4.69) is 5.32 Å². The predicted molar refractivity (Wildman–Crippen MR) is 88.1 cm³/mol. The minimum atomic E-state index is -0.743. The lowest BCUT2D eigenvalue weighted by Crippen LogP contribution is -2.58. The van der Waals surface area contributed by atoms with E-state index >= 15 is 0 Å². The van der Waals surface area contributed by atoms with Crippen molar-refractivity contribution in [2.45, 2.75) is 44.1 Å². The highest BCUT2D eigenvalue weighted by molar-refractivity contribution is 5.93. The number of amides is 1. The summed E-state index contributed by atoms with van der Waals surface area (Å²) in [6, 6.07) is 5.55. The van der Waals surface area contributed by atoms with Crippen LogP contribution in [0.2, 0.25) is 0 Å². The Morgan fingerprint density at radius 2 is 1.96 bits per heavy atom. The van der Waals surface area contributed by atoms with Gasteiger partial charge in [-0.25, -0.2) is 4.39 Å². The number of nitrogens with one attached hydrogen (secondary N) is 1. The number of hydrogen-bond acceptors (Lipinski definition) is 4. The number of benzene rings is 1. The minimum Gasteiger partial charge on any atom is -0.455 e. The summed E-state index contributed by atoms with van der Waals surface area (Å²) in [4.78, 5) is 24.6. The van der Waals surface area contributed by atoms with Crippen LogP contribution in [0.1, 0.15) is 38.5 Å². The van der Waals surface area contributed by atoms with Crippen LogP contribution < -0.4 is 5.32 Å². The number of hydrogen-bond donors (Lipinski definition) is 2. The van der Waals surface area contributed by atoms with E-state index in [0.29, 0.717) is 23.9 Å². The van der Waals surface area contributed by atoms with Crippen LogP contribution in [0.15, 0.2) is 24.3 Å². The summed E-state index contributed by atoms with van der Waals surface area (Å²) in [5.41, 5.74) is -1.06. The Hall–Kier alpha value is -1.95. The van der Waals surface area contributed by atoms with Gasteiger partial charge in [-0.1, -0.05) is 6.07 Å². The molecule has 4 aliphatic carbocycles. The summed E-state index contributed by atoms with van der Waals surface area (Å²) >= 11 is 0. The van der Waals surface area contributed by atoms with Gasteiger partial charge in [0, 0.05) is 5.69 Å². The second kappa shape index (κ2) is 5.80. The summed E-state index contributed by atoms with van der Waals surface area (Å²) in [7, 11) is 0. The van der Waals surface area contributed by atoms with Crippen molar-refractivity contribution in [3.8, 4) is 0 Å². The first-order valence-electron chi connectivity index (χ1n) is 8.81. The van der Waals surface area contributed by atoms with Crippen molar-refractivity contribution in [3.63, 3.8) is 0 Å². The summed E-state index contributed by atoms with van der Waals surface area (Å²) < 4.78 is 18.4. The molecule has 25 heavy (non-hydrogen) atoms. The molecule has 4 fully saturated rings. The molecule has 4 bridgehead atoms. The van der Waals surface area contributed by atoms with E-state index < -0.39 is 29.3 Å². The molecule has 5 nitrogen and oxygen atoms in total. The molecule has 5 rings (SSSR count). The van der Waals surface area contributed by atoms with Crippen LogP contribution in [-0.4, -0.2) is 29.2 Å². The van der Waals surface area contributed by atoms with Crippen LogP contribution in [0, 0.1) is 23.1 Å². The van der Waals surface area contributed by atoms with Gasteiger partial charge >= 0.3 is 5.97 Å². The van der Waals surface area contributed by atoms with Gasteiger partial charge in [0.1, 0.15) is 5.82 Å². The quantitative estimate of drug-likeness (QED) is 0.821. The summed E-state index contributed by atoms with van der Waals surface area (Å²) in [5.74, 6) is -0.576. The molecule has 4 atom stereocenters. The van der Waals surface area contributed by atoms with Crippen molar-refractivity contribution in [1.82, 2.24) is 0 Å². The summed E-state index contributed by atoms with van der Waals surface area (Å²) in [6.45, 7) is -0.398. The second-order valence-electron chi connectivity index (χ2n) is 8.10. The van der Waals surface area contributed by atoms with Gasteiger partial charge in [0.25, 0.3) is 5.91 Å².